The van der Waals surface area contributed by atoms with Crippen LogP contribution in [0.25, 0.3) is 10.9 Å². The molecule has 0 spiro atoms. The number of nitrogens with zero attached hydrogens (tertiary/aromatic N) is 2. The highest BCUT2D eigenvalue weighted by Crippen LogP contribution is 2.30. The van der Waals surface area contributed by atoms with Gasteiger partial charge >= 0.3 is 0 Å². The fourth-order valence-corrected chi connectivity index (χ4v) is 4.00. The molecule has 29 heavy (non-hydrogen) atoms. The van der Waals surface area contributed by atoms with Crippen LogP contribution < -0.4 is 10.1 Å². The van der Waals surface area contributed by atoms with Crippen LogP contribution in [-0.2, 0) is 10.0 Å². The number of ether oxygens (including phenoxy) is 1. The molecule has 0 aliphatic carbocycles. The second kappa shape index (κ2) is 8.18. The fraction of sp³-hybridized carbons (Fsp3) is 0.238. The Balaban J connectivity index is 2.02. The SMILES string of the molecule is CCOc1ccc(NC(=O)c2cc(C)nc3ccccc23)cc1S(=O)(=O)N(C)C. The Bertz CT molecular complexity index is 1170. The summed E-state index contributed by atoms with van der Waals surface area (Å²) in [7, 11) is -0.854. The molecule has 0 fully saturated rings. The summed E-state index contributed by atoms with van der Waals surface area (Å²) in [6, 6.07) is 13.7. The minimum absolute atomic E-state index is 0.00193. The smallest absolute Gasteiger partial charge is 0.256 e. The van der Waals surface area contributed by atoms with Crippen molar-refractivity contribution in [3.8, 4) is 5.75 Å². The fourth-order valence-electron chi connectivity index (χ4n) is 2.95. The molecule has 0 saturated carbocycles. The van der Waals surface area contributed by atoms with Crippen molar-refractivity contribution in [1.29, 1.82) is 0 Å². The van der Waals surface area contributed by atoms with E-state index in [2.05, 4.69) is 10.3 Å². The van der Waals surface area contributed by atoms with Gasteiger partial charge in [0.05, 0.1) is 17.7 Å². The van der Waals surface area contributed by atoms with Crippen molar-refractivity contribution in [2.45, 2.75) is 18.7 Å². The number of para-hydroxylation sites is 1. The Labute approximate surface area is 170 Å². The molecule has 1 aromatic heterocycles. The van der Waals surface area contributed by atoms with Crippen LogP contribution in [-0.4, -0.2) is 44.3 Å². The normalized spacial score (nSPS) is 11.6. The number of hydrogen-bond acceptors (Lipinski definition) is 5. The first-order chi connectivity index (χ1) is 13.7. The van der Waals surface area contributed by atoms with E-state index in [0.29, 0.717) is 17.9 Å². The summed E-state index contributed by atoms with van der Waals surface area (Å²) in [5.74, 6) is -0.103. The summed E-state index contributed by atoms with van der Waals surface area (Å²) >= 11 is 0. The van der Waals surface area contributed by atoms with Gasteiger partial charge in [0.2, 0.25) is 10.0 Å². The number of fused-ring (bicyclic) bond motifs is 1. The van der Waals surface area contributed by atoms with Crippen molar-refractivity contribution in [3.63, 3.8) is 0 Å². The summed E-state index contributed by atoms with van der Waals surface area (Å²) in [6.07, 6.45) is 0. The lowest BCUT2D eigenvalue weighted by Gasteiger charge is -2.17. The van der Waals surface area contributed by atoms with E-state index in [1.807, 2.05) is 31.2 Å². The molecule has 8 heteroatoms. The van der Waals surface area contributed by atoms with Gasteiger partial charge < -0.3 is 10.1 Å². The van der Waals surface area contributed by atoms with Gasteiger partial charge in [-0.3, -0.25) is 9.78 Å². The Hall–Kier alpha value is -2.97. The predicted molar refractivity (Wildman–Crippen MR) is 113 cm³/mol. The van der Waals surface area contributed by atoms with E-state index < -0.39 is 10.0 Å². The third kappa shape index (κ3) is 4.23. The number of sulfonamides is 1. The molecule has 2 aromatic carbocycles. The molecule has 0 unspecified atom stereocenters. The van der Waals surface area contributed by atoms with Crippen molar-refractivity contribution in [2.75, 3.05) is 26.0 Å². The molecule has 7 nitrogen and oxygen atoms in total. The molecule has 152 valence electrons. The molecular formula is C21H23N3O4S. The average molecular weight is 413 g/mol. The highest BCUT2D eigenvalue weighted by atomic mass is 32.2. The quantitative estimate of drug-likeness (QED) is 0.669. The lowest BCUT2D eigenvalue weighted by Crippen LogP contribution is -2.23. The summed E-state index contributed by atoms with van der Waals surface area (Å²) in [5, 5.41) is 3.52. The van der Waals surface area contributed by atoms with Gasteiger partial charge in [-0.25, -0.2) is 12.7 Å². The Morgan fingerprint density at radius 1 is 1.14 bits per heavy atom. The van der Waals surface area contributed by atoms with Gasteiger partial charge in [-0.1, -0.05) is 18.2 Å². The third-order valence-corrected chi connectivity index (χ3v) is 6.19. The Morgan fingerprint density at radius 2 is 1.86 bits per heavy atom. The number of pyridine rings is 1. The zero-order chi connectivity index (χ0) is 21.2. The molecule has 0 aliphatic heterocycles. The van der Waals surface area contributed by atoms with Crippen molar-refractivity contribution < 1.29 is 17.9 Å². The number of benzene rings is 2. The van der Waals surface area contributed by atoms with Crippen molar-refractivity contribution in [1.82, 2.24) is 9.29 Å². The number of carbonyl (C=O) groups is 1. The van der Waals surface area contributed by atoms with Crippen LogP contribution in [0.2, 0.25) is 0 Å². The van der Waals surface area contributed by atoms with Gasteiger partial charge in [-0.15, -0.1) is 0 Å². The maximum Gasteiger partial charge on any atom is 0.256 e. The van der Waals surface area contributed by atoms with Gasteiger partial charge in [-0.05, 0) is 44.2 Å². The predicted octanol–water partition coefficient (Wildman–Crippen LogP) is 3.44. The Morgan fingerprint density at radius 3 is 2.55 bits per heavy atom. The molecule has 1 amide bonds. The molecule has 0 saturated heterocycles. The summed E-state index contributed by atoms with van der Waals surface area (Å²) in [4.78, 5) is 17.4. The number of nitrogens with one attached hydrogen (secondary N) is 1. The van der Waals surface area contributed by atoms with Gasteiger partial charge in [0.15, 0.2) is 0 Å². The van der Waals surface area contributed by atoms with Gasteiger partial charge in [0, 0.05) is 30.9 Å². The van der Waals surface area contributed by atoms with Crippen LogP contribution >= 0.6 is 0 Å². The average Bonchev–Trinajstić information content (AvgIpc) is 2.68. The zero-order valence-electron chi connectivity index (χ0n) is 16.8. The molecule has 0 atom stereocenters. The molecule has 0 aliphatic rings. The third-order valence-electron chi connectivity index (χ3n) is 4.35. The van der Waals surface area contributed by atoms with E-state index in [1.165, 1.54) is 20.2 Å². The number of aryl methyl sites for hydroxylation is 1. The van der Waals surface area contributed by atoms with Crippen molar-refractivity contribution in [3.05, 3.63) is 59.8 Å². The molecule has 3 rings (SSSR count). The van der Waals surface area contributed by atoms with Crippen molar-refractivity contribution in [2.24, 2.45) is 0 Å². The number of carbonyl (C=O) groups excluding carboxylic acids is 1. The van der Waals surface area contributed by atoms with E-state index in [0.717, 1.165) is 20.9 Å². The lowest BCUT2D eigenvalue weighted by molar-refractivity contribution is 0.102. The minimum atomic E-state index is -3.75. The highest BCUT2D eigenvalue weighted by molar-refractivity contribution is 7.89. The van der Waals surface area contributed by atoms with E-state index in [-0.39, 0.29) is 16.6 Å². The van der Waals surface area contributed by atoms with E-state index >= 15 is 0 Å². The first-order valence-electron chi connectivity index (χ1n) is 9.11. The number of hydrogen-bond donors (Lipinski definition) is 1. The first kappa shape index (κ1) is 20.8. The van der Waals surface area contributed by atoms with Crippen molar-refractivity contribution >= 4 is 32.5 Å². The van der Waals surface area contributed by atoms with E-state index in [1.54, 1.807) is 25.1 Å². The number of rotatable bonds is 6. The van der Waals surface area contributed by atoms with Crippen LogP contribution in [0, 0.1) is 6.92 Å². The second-order valence-corrected chi connectivity index (χ2v) is 8.78. The zero-order valence-corrected chi connectivity index (χ0v) is 17.6. The molecule has 0 radical (unpaired) electrons. The van der Waals surface area contributed by atoms with E-state index in [4.69, 9.17) is 4.74 Å². The van der Waals surface area contributed by atoms with Gasteiger partial charge in [0.1, 0.15) is 10.6 Å². The van der Waals surface area contributed by atoms with Crippen LogP contribution in [0.5, 0.6) is 5.75 Å². The van der Waals surface area contributed by atoms with Crippen LogP contribution in [0.4, 0.5) is 5.69 Å². The molecule has 1 N–H and O–H groups in total. The minimum Gasteiger partial charge on any atom is -0.492 e. The first-order valence-corrected chi connectivity index (χ1v) is 10.5. The standard InChI is InChI=1S/C21H23N3O4S/c1-5-28-19-11-10-15(13-20(19)29(26,27)24(3)4)23-21(25)17-12-14(2)22-18-9-7-6-8-16(17)18/h6-13H,5H2,1-4H3,(H,23,25). The van der Waals surface area contributed by atoms with E-state index in [9.17, 15) is 13.2 Å². The maximum absolute atomic E-state index is 13.0. The maximum atomic E-state index is 13.0. The number of amides is 1. The largest absolute Gasteiger partial charge is 0.492 e. The lowest BCUT2D eigenvalue weighted by atomic mass is 10.1. The summed E-state index contributed by atoms with van der Waals surface area (Å²) < 4.78 is 31.9. The number of aromatic nitrogens is 1. The monoisotopic (exact) mass is 413 g/mol. The Kier molecular flexibility index (Phi) is 5.86. The highest BCUT2D eigenvalue weighted by Gasteiger charge is 2.23. The van der Waals surface area contributed by atoms with Gasteiger partial charge in [-0.2, -0.15) is 0 Å². The summed E-state index contributed by atoms with van der Waals surface area (Å²) in [6.45, 7) is 3.92. The molecule has 3 aromatic rings. The summed E-state index contributed by atoms with van der Waals surface area (Å²) in [5.41, 5.74) is 2.27. The van der Waals surface area contributed by atoms with Crippen LogP contribution in [0.15, 0.2) is 53.4 Å². The molecular weight excluding hydrogens is 390 g/mol. The molecule has 0 bridgehead atoms. The van der Waals surface area contributed by atoms with Crippen LogP contribution in [0.1, 0.15) is 23.0 Å². The second-order valence-electron chi connectivity index (χ2n) is 6.66. The van der Waals surface area contributed by atoms with Crippen LogP contribution in [0.3, 0.4) is 0 Å². The number of anilines is 1. The van der Waals surface area contributed by atoms with Gasteiger partial charge in [0.25, 0.3) is 5.91 Å². The molecule has 1 heterocycles. The topological polar surface area (TPSA) is 88.6 Å².